The summed E-state index contributed by atoms with van der Waals surface area (Å²) in [5.41, 5.74) is 5.89. The highest BCUT2D eigenvalue weighted by molar-refractivity contribution is 6.00. The quantitative estimate of drug-likeness (QED) is 0.587. The summed E-state index contributed by atoms with van der Waals surface area (Å²) in [6.45, 7) is 4.68. The first-order valence-corrected chi connectivity index (χ1v) is 5.71. The number of hydrogen-bond acceptors (Lipinski definition) is 4. The van der Waals surface area contributed by atoms with Gasteiger partial charge in [0.15, 0.2) is 5.78 Å². The monoisotopic (exact) mass is 251 g/mol. The summed E-state index contributed by atoms with van der Waals surface area (Å²) < 4.78 is 10.5. The first kappa shape index (κ1) is 14.2. The Balaban J connectivity index is 2.83. The number of benzene rings is 1. The van der Waals surface area contributed by atoms with Crippen LogP contribution in [0.15, 0.2) is 18.2 Å². The Labute approximate surface area is 106 Å². The van der Waals surface area contributed by atoms with Crippen molar-refractivity contribution in [2.75, 3.05) is 19.8 Å². The number of ether oxygens (including phenoxy) is 2. The molecule has 1 amide bonds. The molecule has 2 N–H and O–H groups in total. The lowest BCUT2D eigenvalue weighted by Crippen LogP contribution is -2.15. The van der Waals surface area contributed by atoms with Crippen LogP contribution in [0, 0.1) is 0 Å². The maximum atomic E-state index is 11.3. The average molecular weight is 251 g/mol. The van der Waals surface area contributed by atoms with Crippen LogP contribution in [0.4, 0.5) is 0 Å². The van der Waals surface area contributed by atoms with Crippen molar-refractivity contribution in [3.63, 3.8) is 0 Å². The number of carbonyl (C=O) groups is 2. The van der Waals surface area contributed by atoms with Gasteiger partial charge in [0.1, 0.15) is 12.4 Å². The Kier molecular flexibility index (Phi) is 5.32. The second-order valence-corrected chi connectivity index (χ2v) is 3.68. The van der Waals surface area contributed by atoms with E-state index >= 15 is 0 Å². The van der Waals surface area contributed by atoms with E-state index in [0.29, 0.717) is 31.1 Å². The average Bonchev–Trinajstić information content (AvgIpc) is 2.34. The van der Waals surface area contributed by atoms with Crippen molar-refractivity contribution in [1.82, 2.24) is 0 Å². The van der Waals surface area contributed by atoms with Gasteiger partial charge < -0.3 is 15.2 Å². The van der Waals surface area contributed by atoms with Gasteiger partial charge in [-0.2, -0.15) is 0 Å². The van der Waals surface area contributed by atoms with Crippen molar-refractivity contribution < 1.29 is 19.1 Å². The number of carbonyl (C=O) groups excluding carboxylic acids is 2. The molecule has 0 fully saturated rings. The molecule has 0 radical (unpaired) electrons. The molecular weight excluding hydrogens is 234 g/mol. The molecule has 0 atom stereocenters. The van der Waals surface area contributed by atoms with Crippen LogP contribution < -0.4 is 10.5 Å². The molecule has 1 aromatic carbocycles. The minimum atomic E-state index is -0.621. The van der Waals surface area contributed by atoms with Gasteiger partial charge in [0.25, 0.3) is 5.91 Å². The fourth-order valence-electron chi connectivity index (χ4n) is 1.42. The molecule has 5 heteroatoms. The highest BCUT2D eigenvalue weighted by atomic mass is 16.5. The van der Waals surface area contributed by atoms with Crippen LogP contribution >= 0.6 is 0 Å². The Morgan fingerprint density at radius 2 is 2.00 bits per heavy atom. The molecule has 0 aliphatic rings. The minimum Gasteiger partial charge on any atom is -0.490 e. The fraction of sp³-hybridized carbons (Fsp3) is 0.385. The number of nitrogens with two attached hydrogens (primary N) is 1. The van der Waals surface area contributed by atoms with Crippen molar-refractivity contribution in [2.45, 2.75) is 13.8 Å². The maximum Gasteiger partial charge on any atom is 0.252 e. The zero-order valence-electron chi connectivity index (χ0n) is 10.6. The molecule has 0 aromatic heterocycles. The number of amides is 1. The lowest BCUT2D eigenvalue weighted by molar-refractivity contribution is 0.0979. The second kappa shape index (κ2) is 6.76. The minimum absolute atomic E-state index is 0.127. The Morgan fingerprint density at radius 3 is 2.56 bits per heavy atom. The Morgan fingerprint density at radius 1 is 1.28 bits per heavy atom. The molecule has 0 unspecified atom stereocenters. The van der Waals surface area contributed by atoms with Gasteiger partial charge in [-0.05, 0) is 32.0 Å². The third-order valence-corrected chi connectivity index (χ3v) is 2.34. The van der Waals surface area contributed by atoms with Gasteiger partial charge in [-0.15, -0.1) is 0 Å². The van der Waals surface area contributed by atoms with Gasteiger partial charge in [0.05, 0.1) is 12.2 Å². The Bertz CT molecular complexity index is 443. The van der Waals surface area contributed by atoms with E-state index in [9.17, 15) is 9.59 Å². The van der Waals surface area contributed by atoms with Gasteiger partial charge in [0.2, 0.25) is 0 Å². The molecule has 18 heavy (non-hydrogen) atoms. The number of rotatable bonds is 7. The SMILES string of the molecule is CCOCCOc1ccc(C(C)=O)cc1C(N)=O. The smallest absolute Gasteiger partial charge is 0.252 e. The summed E-state index contributed by atoms with van der Waals surface area (Å²) in [4.78, 5) is 22.5. The summed E-state index contributed by atoms with van der Waals surface area (Å²) >= 11 is 0. The van der Waals surface area contributed by atoms with Gasteiger partial charge in [-0.25, -0.2) is 0 Å². The summed E-state index contributed by atoms with van der Waals surface area (Å²) in [6.07, 6.45) is 0. The van der Waals surface area contributed by atoms with E-state index in [1.165, 1.54) is 13.0 Å². The molecular formula is C13H17NO4. The van der Waals surface area contributed by atoms with Crippen LogP contribution in [-0.4, -0.2) is 31.5 Å². The molecule has 1 rings (SSSR count). The van der Waals surface area contributed by atoms with Gasteiger partial charge >= 0.3 is 0 Å². The third kappa shape index (κ3) is 3.85. The molecule has 0 saturated carbocycles. The molecule has 0 heterocycles. The van der Waals surface area contributed by atoms with E-state index in [1.54, 1.807) is 12.1 Å². The molecule has 0 saturated heterocycles. The van der Waals surface area contributed by atoms with Crippen molar-refractivity contribution in [3.8, 4) is 5.75 Å². The van der Waals surface area contributed by atoms with Crippen LogP contribution in [0.25, 0.3) is 0 Å². The summed E-state index contributed by atoms with van der Waals surface area (Å²) in [5.74, 6) is -0.380. The van der Waals surface area contributed by atoms with E-state index in [-0.39, 0.29) is 11.3 Å². The highest BCUT2D eigenvalue weighted by Gasteiger charge is 2.12. The van der Waals surface area contributed by atoms with Crippen LogP contribution in [0.3, 0.4) is 0 Å². The van der Waals surface area contributed by atoms with E-state index in [1.807, 2.05) is 6.92 Å². The molecule has 0 spiro atoms. The number of ketones is 1. The summed E-state index contributed by atoms with van der Waals surface area (Å²) in [7, 11) is 0. The Hall–Kier alpha value is -1.88. The largest absolute Gasteiger partial charge is 0.490 e. The van der Waals surface area contributed by atoms with Crippen LogP contribution in [0.2, 0.25) is 0 Å². The molecule has 1 aromatic rings. The molecule has 0 aliphatic carbocycles. The third-order valence-electron chi connectivity index (χ3n) is 2.34. The van der Waals surface area contributed by atoms with E-state index < -0.39 is 5.91 Å². The molecule has 0 bridgehead atoms. The summed E-state index contributed by atoms with van der Waals surface area (Å²) in [5, 5.41) is 0. The van der Waals surface area contributed by atoms with Crippen molar-refractivity contribution >= 4 is 11.7 Å². The highest BCUT2D eigenvalue weighted by Crippen LogP contribution is 2.20. The topological polar surface area (TPSA) is 78.6 Å². The summed E-state index contributed by atoms with van der Waals surface area (Å²) in [6, 6.07) is 4.62. The number of hydrogen-bond donors (Lipinski definition) is 1. The normalized spacial score (nSPS) is 10.1. The van der Waals surface area contributed by atoms with Crippen LogP contribution in [0.5, 0.6) is 5.75 Å². The predicted molar refractivity (Wildman–Crippen MR) is 67.0 cm³/mol. The molecule has 0 aliphatic heterocycles. The van der Waals surface area contributed by atoms with Crippen molar-refractivity contribution in [3.05, 3.63) is 29.3 Å². The van der Waals surface area contributed by atoms with E-state index in [0.717, 1.165) is 0 Å². The van der Waals surface area contributed by atoms with Crippen LogP contribution in [0.1, 0.15) is 34.6 Å². The molecule has 5 nitrogen and oxygen atoms in total. The zero-order valence-corrected chi connectivity index (χ0v) is 10.6. The number of primary amides is 1. The zero-order chi connectivity index (χ0) is 13.5. The van der Waals surface area contributed by atoms with Crippen molar-refractivity contribution in [1.29, 1.82) is 0 Å². The lowest BCUT2D eigenvalue weighted by atomic mass is 10.1. The van der Waals surface area contributed by atoms with E-state index in [4.69, 9.17) is 15.2 Å². The maximum absolute atomic E-state index is 11.3. The first-order chi connectivity index (χ1) is 8.56. The number of Topliss-reactive ketones (excluding diaryl/α,β-unsaturated/α-hetero) is 1. The lowest BCUT2D eigenvalue weighted by Gasteiger charge is -2.10. The van der Waals surface area contributed by atoms with Crippen LogP contribution in [-0.2, 0) is 4.74 Å². The van der Waals surface area contributed by atoms with Gasteiger partial charge in [0, 0.05) is 12.2 Å². The second-order valence-electron chi connectivity index (χ2n) is 3.68. The van der Waals surface area contributed by atoms with Gasteiger partial charge in [-0.1, -0.05) is 0 Å². The van der Waals surface area contributed by atoms with E-state index in [2.05, 4.69) is 0 Å². The fourth-order valence-corrected chi connectivity index (χ4v) is 1.42. The molecule has 98 valence electrons. The first-order valence-electron chi connectivity index (χ1n) is 5.71. The predicted octanol–water partition coefficient (Wildman–Crippen LogP) is 1.40. The van der Waals surface area contributed by atoms with Crippen molar-refractivity contribution in [2.24, 2.45) is 5.73 Å². The van der Waals surface area contributed by atoms with Gasteiger partial charge in [-0.3, -0.25) is 9.59 Å². The standard InChI is InChI=1S/C13H17NO4/c1-3-17-6-7-18-12-5-4-10(9(2)15)8-11(12)13(14)16/h4-5,8H,3,6-7H2,1-2H3,(H2,14,16).